The van der Waals surface area contributed by atoms with Crippen LogP contribution in [0.15, 0.2) is 10.5 Å². The highest BCUT2D eigenvalue weighted by Gasteiger charge is 2.01. The van der Waals surface area contributed by atoms with E-state index in [0.717, 1.165) is 31.0 Å². The van der Waals surface area contributed by atoms with Gasteiger partial charge in [0.1, 0.15) is 0 Å². The largest absolute Gasteiger partial charge is 0.396 e. The molecular weight excluding hydrogens is 306 g/mol. The summed E-state index contributed by atoms with van der Waals surface area (Å²) in [6.07, 6.45) is 0.904. The summed E-state index contributed by atoms with van der Waals surface area (Å²) in [5.41, 5.74) is 0. The molecule has 5 heteroatoms. The highest BCUT2D eigenvalue weighted by atomic mass is 79.9. The molecule has 0 unspecified atom stereocenters. The lowest BCUT2D eigenvalue weighted by atomic mass is 10.4. The summed E-state index contributed by atoms with van der Waals surface area (Å²) in [5, 5.41) is 12.0. The zero-order valence-corrected chi connectivity index (χ0v) is 12.7. The predicted molar refractivity (Wildman–Crippen MR) is 77.5 cm³/mol. The van der Waals surface area contributed by atoms with Gasteiger partial charge in [0.05, 0.1) is 0 Å². The molecule has 1 heterocycles. The highest BCUT2D eigenvalue weighted by molar-refractivity contribution is 9.10. The van der Waals surface area contributed by atoms with Crippen LogP contribution in [0.2, 0.25) is 0 Å². The number of halogens is 1. The number of rotatable bonds is 8. The molecule has 0 aliphatic heterocycles. The monoisotopic (exact) mass is 323 g/mol. The number of hydrogen-bond acceptors (Lipinski definition) is 4. The van der Waals surface area contributed by atoms with E-state index in [9.17, 15) is 0 Å². The van der Waals surface area contributed by atoms with Crippen LogP contribution in [-0.4, -0.2) is 29.8 Å². The van der Waals surface area contributed by atoms with E-state index in [0.29, 0.717) is 6.61 Å². The van der Waals surface area contributed by atoms with Crippen LogP contribution in [0.4, 0.5) is 0 Å². The molecule has 0 saturated heterocycles. The van der Waals surface area contributed by atoms with E-state index >= 15 is 0 Å². The zero-order valence-electron chi connectivity index (χ0n) is 9.46. The second kappa shape index (κ2) is 8.53. The molecule has 0 radical (unpaired) electrons. The van der Waals surface area contributed by atoms with Crippen molar-refractivity contribution in [2.75, 3.05) is 24.7 Å². The quantitative estimate of drug-likeness (QED) is 0.721. The van der Waals surface area contributed by atoms with Crippen LogP contribution in [0.25, 0.3) is 0 Å². The Morgan fingerprint density at radius 3 is 2.94 bits per heavy atom. The molecule has 1 aromatic rings. The zero-order chi connectivity index (χ0) is 11.8. The van der Waals surface area contributed by atoms with Crippen molar-refractivity contribution in [2.45, 2.75) is 19.9 Å². The summed E-state index contributed by atoms with van der Waals surface area (Å²) in [4.78, 5) is 2.72. The second-order valence-corrected chi connectivity index (χ2v) is 6.90. The summed E-state index contributed by atoms with van der Waals surface area (Å²) >= 11 is 7.25. The van der Waals surface area contributed by atoms with Crippen LogP contribution in [0.5, 0.6) is 0 Å². The molecule has 0 saturated carbocycles. The van der Waals surface area contributed by atoms with Crippen molar-refractivity contribution in [3.63, 3.8) is 0 Å². The fourth-order valence-corrected chi connectivity index (χ4v) is 3.63. The van der Waals surface area contributed by atoms with Gasteiger partial charge in [0.15, 0.2) is 0 Å². The molecule has 2 N–H and O–H groups in total. The van der Waals surface area contributed by atoms with Gasteiger partial charge in [-0.15, -0.1) is 11.3 Å². The van der Waals surface area contributed by atoms with Crippen molar-refractivity contribution >= 4 is 39.0 Å². The van der Waals surface area contributed by atoms with Crippen LogP contribution in [0.1, 0.15) is 16.2 Å². The lowest BCUT2D eigenvalue weighted by molar-refractivity contribution is 0.296. The van der Waals surface area contributed by atoms with Crippen LogP contribution in [-0.2, 0) is 6.54 Å². The Kier molecular flexibility index (Phi) is 7.73. The molecule has 92 valence electrons. The third-order valence-electron chi connectivity index (χ3n) is 2.08. The normalized spacial score (nSPS) is 10.9. The summed E-state index contributed by atoms with van der Waals surface area (Å²) in [6.45, 7) is 4.42. The van der Waals surface area contributed by atoms with E-state index in [2.05, 4.69) is 34.2 Å². The number of aryl methyl sites for hydroxylation is 1. The molecule has 16 heavy (non-hydrogen) atoms. The van der Waals surface area contributed by atoms with Crippen molar-refractivity contribution in [3.05, 3.63) is 20.3 Å². The first-order chi connectivity index (χ1) is 7.74. The molecule has 0 amide bonds. The topological polar surface area (TPSA) is 32.3 Å². The van der Waals surface area contributed by atoms with E-state index in [1.165, 1.54) is 14.2 Å². The molecule has 0 aliphatic rings. The van der Waals surface area contributed by atoms with Crippen LogP contribution in [0, 0.1) is 6.92 Å². The lowest BCUT2D eigenvalue weighted by Gasteiger charge is -2.02. The minimum Gasteiger partial charge on any atom is -0.396 e. The van der Waals surface area contributed by atoms with Gasteiger partial charge in [-0.05, 0) is 41.1 Å². The number of aliphatic hydroxyl groups is 1. The van der Waals surface area contributed by atoms with Gasteiger partial charge in [-0.2, -0.15) is 11.8 Å². The van der Waals surface area contributed by atoms with Gasteiger partial charge in [-0.3, -0.25) is 0 Å². The van der Waals surface area contributed by atoms with E-state index < -0.39 is 0 Å². The van der Waals surface area contributed by atoms with Gasteiger partial charge in [0, 0.05) is 39.7 Å². The number of thioether (sulfide) groups is 1. The van der Waals surface area contributed by atoms with Crippen molar-refractivity contribution < 1.29 is 5.11 Å². The Morgan fingerprint density at radius 2 is 2.31 bits per heavy atom. The SMILES string of the molecule is Cc1sc(CNCCSCCCO)cc1Br. The fraction of sp³-hybridized carbons (Fsp3) is 0.636. The number of aliphatic hydroxyl groups excluding tert-OH is 1. The second-order valence-electron chi connectivity index (χ2n) is 3.48. The van der Waals surface area contributed by atoms with E-state index in [1.807, 2.05) is 23.1 Å². The number of hydrogen-bond donors (Lipinski definition) is 2. The Bertz CT molecular complexity index is 285. The van der Waals surface area contributed by atoms with Gasteiger partial charge in [-0.1, -0.05) is 0 Å². The molecule has 2 nitrogen and oxygen atoms in total. The number of nitrogens with one attached hydrogen (secondary N) is 1. The van der Waals surface area contributed by atoms with Crippen molar-refractivity contribution in [1.29, 1.82) is 0 Å². The van der Waals surface area contributed by atoms with Crippen LogP contribution in [0.3, 0.4) is 0 Å². The van der Waals surface area contributed by atoms with Gasteiger partial charge in [0.2, 0.25) is 0 Å². The molecule has 0 atom stereocenters. The summed E-state index contributed by atoms with van der Waals surface area (Å²) in [6, 6.07) is 2.19. The van der Waals surface area contributed by atoms with Gasteiger partial charge < -0.3 is 10.4 Å². The minimum absolute atomic E-state index is 0.308. The smallest absolute Gasteiger partial charge is 0.0438 e. The summed E-state index contributed by atoms with van der Waals surface area (Å²) in [7, 11) is 0. The summed E-state index contributed by atoms with van der Waals surface area (Å²) < 4.78 is 1.21. The molecule has 0 bridgehead atoms. The lowest BCUT2D eigenvalue weighted by Crippen LogP contribution is -2.16. The van der Waals surface area contributed by atoms with E-state index in [4.69, 9.17) is 5.11 Å². The summed E-state index contributed by atoms with van der Waals surface area (Å²) in [5.74, 6) is 2.17. The first kappa shape index (κ1) is 14.5. The maximum atomic E-state index is 8.61. The molecule has 1 rings (SSSR count). The molecule has 0 aliphatic carbocycles. The number of thiophene rings is 1. The van der Waals surface area contributed by atoms with Crippen molar-refractivity contribution in [1.82, 2.24) is 5.32 Å². The molecule has 0 spiro atoms. The Labute approximate surface area is 114 Å². The van der Waals surface area contributed by atoms with E-state index in [1.54, 1.807) is 0 Å². The average molecular weight is 324 g/mol. The fourth-order valence-electron chi connectivity index (χ4n) is 1.23. The Hall–Kier alpha value is 0.450. The first-order valence-electron chi connectivity index (χ1n) is 5.38. The Morgan fingerprint density at radius 1 is 1.50 bits per heavy atom. The third-order valence-corrected chi connectivity index (χ3v) is 5.28. The Balaban J connectivity index is 2.03. The van der Waals surface area contributed by atoms with Gasteiger partial charge in [0.25, 0.3) is 0 Å². The van der Waals surface area contributed by atoms with Crippen molar-refractivity contribution in [3.8, 4) is 0 Å². The maximum absolute atomic E-state index is 8.61. The first-order valence-corrected chi connectivity index (χ1v) is 8.14. The standard InChI is InChI=1S/C11H18BrNOS2/c1-9-11(12)7-10(16-9)8-13-3-6-15-5-2-4-14/h7,13-14H,2-6,8H2,1H3. The predicted octanol–water partition coefficient (Wildman–Crippen LogP) is 3.02. The maximum Gasteiger partial charge on any atom is 0.0438 e. The highest BCUT2D eigenvalue weighted by Crippen LogP contribution is 2.25. The third kappa shape index (κ3) is 5.68. The molecular formula is C11H18BrNOS2. The van der Waals surface area contributed by atoms with Gasteiger partial charge in [-0.25, -0.2) is 0 Å². The minimum atomic E-state index is 0.308. The van der Waals surface area contributed by atoms with E-state index in [-0.39, 0.29) is 0 Å². The molecule has 0 fully saturated rings. The average Bonchev–Trinajstić information content (AvgIpc) is 2.57. The molecule has 1 aromatic heterocycles. The van der Waals surface area contributed by atoms with Crippen LogP contribution >= 0.6 is 39.0 Å². The molecule has 0 aromatic carbocycles. The van der Waals surface area contributed by atoms with Gasteiger partial charge >= 0.3 is 0 Å². The van der Waals surface area contributed by atoms with Crippen molar-refractivity contribution in [2.24, 2.45) is 0 Å². The van der Waals surface area contributed by atoms with Crippen LogP contribution < -0.4 is 5.32 Å².